The molecule has 8 nitrogen and oxygen atoms in total. The van der Waals surface area contributed by atoms with Gasteiger partial charge in [0, 0.05) is 13.7 Å². The van der Waals surface area contributed by atoms with Crippen LogP contribution < -0.4 is 0 Å². The van der Waals surface area contributed by atoms with Gasteiger partial charge in [0.25, 0.3) is 0 Å². The van der Waals surface area contributed by atoms with Crippen molar-refractivity contribution in [2.24, 2.45) is 0 Å². The van der Waals surface area contributed by atoms with E-state index in [-0.39, 0.29) is 0 Å². The Morgan fingerprint density at radius 2 is 0.853 bits per heavy atom. The lowest BCUT2D eigenvalue weighted by Gasteiger charge is -2.38. The number of hydrogen-bond donors (Lipinski definition) is 0. The molecule has 0 amide bonds. The second-order valence-electron chi connectivity index (χ2n) is 9.11. The van der Waals surface area contributed by atoms with Crippen LogP contribution in [-0.4, -0.2) is 105 Å². The third-order valence-corrected chi connectivity index (χ3v) is 15.7. The van der Waals surface area contributed by atoms with Gasteiger partial charge in [-0.05, 0) is 45.2 Å². The SMILES string of the molecule is C=C[Si](C)(C)O[Si](C)(CCCOCCOCCOCCOCCOCCOC)O[Si](C)(C)C=C. The Morgan fingerprint density at radius 3 is 1.18 bits per heavy atom. The van der Waals surface area contributed by atoms with Crippen molar-refractivity contribution in [2.75, 3.05) is 79.8 Å². The topological polar surface area (TPSA) is 73.8 Å². The quantitative estimate of drug-likeness (QED) is 0.127. The molecule has 0 bridgehead atoms. The smallest absolute Gasteiger partial charge is 0.314 e. The van der Waals surface area contributed by atoms with E-state index in [0.29, 0.717) is 72.7 Å². The monoisotopic (exact) mass is 538 g/mol. The molecule has 0 aromatic rings. The fourth-order valence-corrected chi connectivity index (χ4v) is 14.7. The summed E-state index contributed by atoms with van der Waals surface area (Å²) in [6.07, 6.45) is 0.895. The van der Waals surface area contributed by atoms with Crippen molar-refractivity contribution in [3.05, 3.63) is 24.6 Å². The molecule has 0 rings (SSSR count). The molecule has 0 aliphatic heterocycles. The molecule has 0 heterocycles. The Bertz CT molecular complexity index is 498. The summed E-state index contributed by atoms with van der Waals surface area (Å²) in [5.74, 6) is 0. The van der Waals surface area contributed by atoms with Crippen LogP contribution in [0.15, 0.2) is 24.6 Å². The highest BCUT2D eigenvalue weighted by Crippen LogP contribution is 2.26. The van der Waals surface area contributed by atoms with Gasteiger partial charge in [-0.1, -0.05) is 11.4 Å². The van der Waals surface area contributed by atoms with Crippen molar-refractivity contribution in [1.82, 2.24) is 0 Å². The van der Waals surface area contributed by atoms with Gasteiger partial charge in [0.05, 0.1) is 66.1 Å². The molecule has 11 heteroatoms. The van der Waals surface area contributed by atoms with E-state index >= 15 is 0 Å². The largest absolute Gasteiger partial charge is 0.433 e. The van der Waals surface area contributed by atoms with Gasteiger partial charge < -0.3 is 36.7 Å². The highest BCUT2D eigenvalue weighted by molar-refractivity contribution is 6.91. The van der Waals surface area contributed by atoms with E-state index in [1.165, 1.54) is 0 Å². The van der Waals surface area contributed by atoms with Crippen molar-refractivity contribution in [3.8, 4) is 0 Å². The fourth-order valence-electron chi connectivity index (χ4n) is 2.94. The van der Waals surface area contributed by atoms with E-state index in [4.69, 9.17) is 36.7 Å². The highest BCUT2D eigenvalue weighted by Gasteiger charge is 2.41. The second kappa shape index (κ2) is 19.9. The molecule has 0 spiro atoms. The molecular weight excluding hydrogens is 489 g/mol. The van der Waals surface area contributed by atoms with Crippen LogP contribution in [0, 0.1) is 0 Å². The van der Waals surface area contributed by atoms with Crippen LogP contribution in [0.2, 0.25) is 38.8 Å². The third-order valence-electron chi connectivity index (χ3n) is 4.78. The van der Waals surface area contributed by atoms with E-state index in [9.17, 15) is 0 Å². The first-order valence-corrected chi connectivity index (χ1v) is 20.6. The van der Waals surface area contributed by atoms with Crippen molar-refractivity contribution in [2.45, 2.75) is 45.2 Å². The van der Waals surface area contributed by atoms with Gasteiger partial charge >= 0.3 is 8.56 Å². The maximum atomic E-state index is 6.56. The number of ether oxygens (including phenoxy) is 6. The summed E-state index contributed by atoms with van der Waals surface area (Å²) in [5, 5.41) is 0. The molecule has 0 saturated carbocycles. The first-order valence-electron chi connectivity index (χ1n) is 12.1. The van der Waals surface area contributed by atoms with Crippen molar-refractivity contribution in [3.63, 3.8) is 0 Å². The summed E-state index contributed by atoms with van der Waals surface area (Å²) >= 11 is 0. The molecule has 0 aliphatic carbocycles. The summed E-state index contributed by atoms with van der Waals surface area (Å²) in [4.78, 5) is 0. The van der Waals surface area contributed by atoms with Crippen molar-refractivity contribution >= 4 is 25.2 Å². The number of methoxy groups -OCH3 is 1. The Labute approximate surface area is 211 Å². The number of rotatable bonds is 25. The van der Waals surface area contributed by atoms with Gasteiger partial charge in [-0.15, -0.1) is 13.2 Å². The van der Waals surface area contributed by atoms with Crippen LogP contribution in [0.25, 0.3) is 0 Å². The maximum absolute atomic E-state index is 6.56. The lowest BCUT2D eigenvalue weighted by Crippen LogP contribution is -2.53. The fraction of sp³-hybridized carbons (Fsp3) is 0.826. The van der Waals surface area contributed by atoms with Gasteiger partial charge in [0.2, 0.25) is 0 Å². The zero-order valence-electron chi connectivity index (χ0n) is 22.5. The average molecular weight is 539 g/mol. The standard InChI is InChI=1S/C23H50O8Si3/c1-9-32(4,5)30-34(8,31-33(6,7)10-2)23-11-12-25-15-16-27-19-20-29-22-21-28-18-17-26-14-13-24-3/h9-10H,1-2,11-23H2,3-8H3. The van der Waals surface area contributed by atoms with E-state index < -0.39 is 25.2 Å². The van der Waals surface area contributed by atoms with Gasteiger partial charge in [-0.25, -0.2) is 0 Å². The molecule has 0 atom stereocenters. The molecule has 0 saturated heterocycles. The van der Waals surface area contributed by atoms with Gasteiger partial charge in [-0.2, -0.15) is 0 Å². The molecule has 0 fully saturated rings. The predicted octanol–water partition coefficient (Wildman–Crippen LogP) is 4.07. The van der Waals surface area contributed by atoms with Crippen LogP contribution >= 0.6 is 0 Å². The normalized spacial score (nSPS) is 12.8. The minimum Gasteiger partial charge on any atom is -0.433 e. The minimum atomic E-state index is -2.34. The summed E-state index contributed by atoms with van der Waals surface area (Å²) in [7, 11) is -4.57. The van der Waals surface area contributed by atoms with E-state index in [1.807, 2.05) is 11.4 Å². The molecule has 0 aliphatic rings. The second-order valence-corrected chi connectivity index (χ2v) is 20.7. The zero-order chi connectivity index (χ0) is 25.8. The maximum Gasteiger partial charge on any atom is 0.314 e. The summed E-state index contributed by atoms with van der Waals surface area (Å²) < 4.78 is 45.5. The van der Waals surface area contributed by atoms with Crippen LogP contribution in [0.5, 0.6) is 0 Å². The van der Waals surface area contributed by atoms with Crippen LogP contribution in [0.4, 0.5) is 0 Å². The van der Waals surface area contributed by atoms with Gasteiger partial charge in [0.1, 0.15) is 0 Å². The molecule has 0 radical (unpaired) electrons. The van der Waals surface area contributed by atoms with Gasteiger partial charge in [0.15, 0.2) is 16.6 Å². The van der Waals surface area contributed by atoms with Crippen molar-refractivity contribution in [1.29, 1.82) is 0 Å². The van der Waals surface area contributed by atoms with E-state index in [2.05, 4.69) is 45.9 Å². The lowest BCUT2D eigenvalue weighted by atomic mass is 10.5. The molecular formula is C23H50O8Si3. The summed E-state index contributed by atoms with van der Waals surface area (Å²) in [6.45, 7) is 24.9. The van der Waals surface area contributed by atoms with Gasteiger partial charge in [-0.3, -0.25) is 0 Å². The summed E-state index contributed by atoms with van der Waals surface area (Å²) in [5.41, 5.74) is 3.94. The van der Waals surface area contributed by atoms with Crippen molar-refractivity contribution < 1.29 is 36.7 Å². The molecule has 34 heavy (non-hydrogen) atoms. The molecule has 0 aromatic carbocycles. The Kier molecular flexibility index (Phi) is 19.8. The van der Waals surface area contributed by atoms with Crippen LogP contribution in [-0.2, 0) is 36.7 Å². The zero-order valence-corrected chi connectivity index (χ0v) is 25.5. The molecule has 0 unspecified atom stereocenters. The highest BCUT2D eigenvalue weighted by atomic mass is 28.5. The molecule has 0 N–H and O–H groups in total. The Morgan fingerprint density at radius 1 is 0.529 bits per heavy atom. The third kappa shape index (κ3) is 20.0. The molecule has 0 aromatic heterocycles. The van der Waals surface area contributed by atoms with Crippen LogP contribution in [0.1, 0.15) is 6.42 Å². The summed E-state index contributed by atoms with van der Waals surface area (Å²) in [6, 6.07) is 0.886. The lowest BCUT2D eigenvalue weighted by molar-refractivity contribution is -0.0146. The Hall–Kier alpha value is -0.189. The first kappa shape index (κ1) is 33.8. The van der Waals surface area contributed by atoms with E-state index in [0.717, 1.165) is 12.5 Å². The molecule has 202 valence electrons. The Balaban J connectivity index is 3.78. The van der Waals surface area contributed by atoms with E-state index in [1.54, 1.807) is 7.11 Å². The first-order chi connectivity index (χ1) is 16.1. The average Bonchev–Trinajstić information content (AvgIpc) is 2.77. The number of hydrogen-bond acceptors (Lipinski definition) is 8. The van der Waals surface area contributed by atoms with Crippen LogP contribution in [0.3, 0.4) is 0 Å². The minimum absolute atomic E-state index is 0.540. The predicted molar refractivity (Wildman–Crippen MR) is 145 cm³/mol.